The number of nitrogens with zero attached hydrogens (tertiary/aromatic N) is 2. The van der Waals surface area contributed by atoms with Crippen molar-refractivity contribution < 1.29 is 17.7 Å². The van der Waals surface area contributed by atoms with E-state index < -0.39 is 9.84 Å². The standard InChI is InChI=1S/C12H17N3O4S/c1-8-4-11(14-19-8)13-12(16)7-15-5-9-2-3-20(17,18)10(9)6-15/h4,9-10H,2-3,5-7H2,1H3,(H,13,14,16)/t9-,10+/m0/s1. The van der Waals surface area contributed by atoms with Gasteiger partial charge in [0.15, 0.2) is 15.7 Å². The first-order chi connectivity index (χ1) is 9.44. The first-order valence-electron chi connectivity index (χ1n) is 6.61. The number of sulfone groups is 1. The van der Waals surface area contributed by atoms with Crippen molar-refractivity contribution in [2.45, 2.75) is 18.6 Å². The number of hydrogen-bond donors (Lipinski definition) is 1. The van der Waals surface area contributed by atoms with Crippen LogP contribution in [0.15, 0.2) is 10.6 Å². The average Bonchev–Trinajstić information content (AvgIpc) is 2.99. The number of amides is 1. The number of rotatable bonds is 3. The zero-order valence-electron chi connectivity index (χ0n) is 11.2. The molecule has 0 spiro atoms. The second-order valence-corrected chi connectivity index (χ2v) is 7.86. The third-order valence-electron chi connectivity index (χ3n) is 3.95. The average molecular weight is 299 g/mol. The van der Waals surface area contributed by atoms with Crippen LogP contribution in [0.3, 0.4) is 0 Å². The van der Waals surface area contributed by atoms with E-state index in [0.717, 1.165) is 0 Å². The Balaban J connectivity index is 1.56. The van der Waals surface area contributed by atoms with Crippen LogP contribution in [-0.2, 0) is 14.6 Å². The van der Waals surface area contributed by atoms with Gasteiger partial charge >= 0.3 is 0 Å². The number of aromatic nitrogens is 1. The minimum atomic E-state index is -2.95. The molecule has 0 saturated carbocycles. The van der Waals surface area contributed by atoms with Gasteiger partial charge in [0.1, 0.15) is 5.76 Å². The summed E-state index contributed by atoms with van der Waals surface area (Å²) in [5.74, 6) is 1.29. The lowest BCUT2D eigenvalue weighted by Gasteiger charge is -2.15. The molecule has 0 aromatic carbocycles. The Kier molecular flexibility index (Phi) is 3.29. The van der Waals surface area contributed by atoms with Crippen molar-refractivity contribution in [2.75, 3.05) is 30.7 Å². The van der Waals surface area contributed by atoms with Crippen molar-refractivity contribution in [1.82, 2.24) is 10.1 Å². The molecule has 0 aliphatic carbocycles. The lowest BCUT2D eigenvalue weighted by atomic mass is 10.1. The van der Waals surface area contributed by atoms with Gasteiger partial charge in [-0.3, -0.25) is 9.69 Å². The molecule has 2 atom stereocenters. The van der Waals surface area contributed by atoms with E-state index in [-0.39, 0.29) is 23.6 Å². The maximum absolute atomic E-state index is 11.9. The third kappa shape index (κ3) is 2.57. The SMILES string of the molecule is Cc1cc(NC(=O)CN2C[C@@H]3CCS(=O)(=O)[C@@H]3C2)no1. The van der Waals surface area contributed by atoms with E-state index in [2.05, 4.69) is 10.5 Å². The number of carbonyl (C=O) groups excluding carboxylic acids is 1. The summed E-state index contributed by atoms with van der Waals surface area (Å²) < 4.78 is 28.5. The molecule has 8 heteroatoms. The summed E-state index contributed by atoms with van der Waals surface area (Å²) >= 11 is 0. The highest BCUT2D eigenvalue weighted by Gasteiger charge is 2.46. The minimum Gasteiger partial charge on any atom is -0.360 e. The van der Waals surface area contributed by atoms with E-state index in [0.29, 0.717) is 36.8 Å². The number of fused-ring (bicyclic) bond motifs is 1. The van der Waals surface area contributed by atoms with Gasteiger partial charge in [-0.15, -0.1) is 0 Å². The molecule has 0 unspecified atom stereocenters. The lowest BCUT2D eigenvalue weighted by Crippen LogP contribution is -2.33. The molecule has 0 radical (unpaired) electrons. The fraction of sp³-hybridized carbons (Fsp3) is 0.667. The number of nitrogens with one attached hydrogen (secondary N) is 1. The molecule has 2 fully saturated rings. The van der Waals surface area contributed by atoms with Crippen LogP contribution in [0.2, 0.25) is 0 Å². The largest absolute Gasteiger partial charge is 0.360 e. The van der Waals surface area contributed by atoms with Crippen LogP contribution in [0.25, 0.3) is 0 Å². The van der Waals surface area contributed by atoms with E-state index in [1.165, 1.54) is 0 Å². The van der Waals surface area contributed by atoms with Gasteiger partial charge in [-0.1, -0.05) is 5.16 Å². The molecule has 2 aliphatic rings. The molecule has 1 aromatic rings. The predicted octanol–water partition coefficient (Wildman–Crippen LogP) is 0.0404. The maximum atomic E-state index is 11.9. The van der Waals surface area contributed by atoms with Crippen LogP contribution < -0.4 is 5.32 Å². The van der Waals surface area contributed by atoms with E-state index in [1.54, 1.807) is 13.0 Å². The smallest absolute Gasteiger partial charge is 0.239 e. The van der Waals surface area contributed by atoms with E-state index in [9.17, 15) is 13.2 Å². The molecule has 0 bridgehead atoms. The molecule has 1 aromatic heterocycles. The Morgan fingerprint density at radius 2 is 2.35 bits per heavy atom. The van der Waals surface area contributed by atoms with Gasteiger partial charge in [0.25, 0.3) is 0 Å². The first-order valence-corrected chi connectivity index (χ1v) is 8.33. The summed E-state index contributed by atoms with van der Waals surface area (Å²) in [5.41, 5.74) is 0. The van der Waals surface area contributed by atoms with E-state index in [4.69, 9.17) is 4.52 Å². The maximum Gasteiger partial charge on any atom is 0.239 e. The molecule has 2 aliphatic heterocycles. The zero-order chi connectivity index (χ0) is 14.3. The van der Waals surface area contributed by atoms with Crippen LogP contribution in [-0.4, -0.2) is 55.0 Å². The Labute approximate surface area is 117 Å². The molecule has 110 valence electrons. The van der Waals surface area contributed by atoms with Crippen molar-refractivity contribution in [1.29, 1.82) is 0 Å². The van der Waals surface area contributed by atoms with Crippen LogP contribution in [0.1, 0.15) is 12.2 Å². The second kappa shape index (κ2) is 4.85. The Morgan fingerprint density at radius 1 is 1.55 bits per heavy atom. The topological polar surface area (TPSA) is 92.5 Å². The van der Waals surface area contributed by atoms with Crippen molar-refractivity contribution in [2.24, 2.45) is 5.92 Å². The van der Waals surface area contributed by atoms with Gasteiger partial charge in [0.2, 0.25) is 5.91 Å². The van der Waals surface area contributed by atoms with Crippen molar-refractivity contribution in [3.63, 3.8) is 0 Å². The van der Waals surface area contributed by atoms with Crippen LogP contribution in [0, 0.1) is 12.8 Å². The van der Waals surface area contributed by atoms with Crippen LogP contribution >= 0.6 is 0 Å². The van der Waals surface area contributed by atoms with Gasteiger partial charge in [0.05, 0.1) is 17.5 Å². The Bertz CT molecular complexity index is 624. The van der Waals surface area contributed by atoms with Gasteiger partial charge < -0.3 is 9.84 Å². The Morgan fingerprint density at radius 3 is 3.00 bits per heavy atom. The summed E-state index contributed by atoms with van der Waals surface area (Å²) in [5, 5.41) is 6.04. The molecular weight excluding hydrogens is 282 g/mol. The van der Waals surface area contributed by atoms with Crippen molar-refractivity contribution in [3.8, 4) is 0 Å². The molecule has 7 nitrogen and oxygen atoms in total. The molecule has 3 rings (SSSR count). The number of aryl methyl sites for hydroxylation is 1. The number of carbonyl (C=O) groups is 1. The number of anilines is 1. The normalized spacial score (nSPS) is 28.4. The highest BCUT2D eigenvalue weighted by Crippen LogP contribution is 2.33. The fourth-order valence-electron chi connectivity index (χ4n) is 3.02. The molecule has 1 N–H and O–H groups in total. The predicted molar refractivity (Wildman–Crippen MR) is 72.0 cm³/mol. The van der Waals surface area contributed by atoms with Crippen LogP contribution in [0.5, 0.6) is 0 Å². The van der Waals surface area contributed by atoms with Gasteiger partial charge in [0, 0.05) is 19.2 Å². The zero-order valence-corrected chi connectivity index (χ0v) is 12.0. The lowest BCUT2D eigenvalue weighted by molar-refractivity contribution is -0.117. The fourth-order valence-corrected chi connectivity index (χ4v) is 5.20. The van der Waals surface area contributed by atoms with Crippen molar-refractivity contribution in [3.05, 3.63) is 11.8 Å². The summed E-state index contributed by atoms with van der Waals surface area (Å²) in [4.78, 5) is 13.8. The minimum absolute atomic E-state index is 0.182. The summed E-state index contributed by atoms with van der Waals surface area (Å²) in [7, 11) is -2.95. The summed E-state index contributed by atoms with van der Waals surface area (Å²) in [6.45, 7) is 3.07. The summed E-state index contributed by atoms with van der Waals surface area (Å²) in [6.07, 6.45) is 0.716. The molecule has 3 heterocycles. The van der Waals surface area contributed by atoms with E-state index >= 15 is 0 Å². The second-order valence-electron chi connectivity index (χ2n) is 5.52. The van der Waals surface area contributed by atoms with Gasteiger partial charge in [-0.2, -0.15) is 0 Å². The van der Waals surface area contributed by atoms with Gasteiger partial charge in [-0.05, 0) is 19.3 Å². The molecule has 1 amide bonds. The highest BCUT2D eigenvalue weighted by molar-refractivity contribution is 7.92. The number of likely N-dealkylation sites (tertiary alicyclic amines) is 1. The Hall–Kier alpha value is -1.41. The van der Waals surface area contributed by atoms with E-state index in [1.807, 2.05) is 4.90 Å². The first kappa shape index (κ1) is 13.6. The molecule has 2 saturated heterocycles. The molecular formula is C12H17N3O4S. The highest BCUT2D eigenvalue weighted by atomic mass is 32.2. The molecule has 20 heavy (non-hydrogen) atoms. The van der Waals surface area contributed by atoms with Gasteiger partial charge in [-0.25, -0.2) is 8.42 Å². The van der Waals surface area contributed by atoms with Crippen LogP contribution in [0.4, 0.5) is 5.82 Å². The number of hydrogen-bond acceptors (Lipinski definition) is 6. The summed E-state index contributed by atoms with van der Waals surface area (Å²) in [6, 6.07) is 1.64. The quantitative estimate of drug-likeness (QED) is 0.847. The third-order valence-corrected chi connectivity index (χ3v) is 6.21. The van der Waals surface area contributed by atoms with Crippen molar-refractivity contribution >= 4 is 21.6 Å². The monoisotopic (exact) mass is 299 g/mol.